The van der Waals surface area contributed by atoms with Gasteiger partial charge in [-0.25, -0.2) is 4.98 Å². The minimum absolute atomic E-state index is 0.163. The molecule has 0 amide bonds. The van der Waals surface area contributed by atoms with E-state index >= 15 is 0 Å². The number of rotatable bonds is 4. The Morgan fingerprint density at radius 2 is 2.00 bits per heavy atom. The predicted octanol–water partition coefficient (Wildman–Crippen LogP) is 2.78. The van der Waals surface area contributed by atoms with Gasteiger partial charge in [0.1, 0.15) is 5.82 Å². The monoisotopic (exact) mass is 270 g/mol. The Labute approximate surface area is 115 Å². The highest BCUT2D eigenvalue weighted by Gasteiger charge is 2.13. The molecule has 3 aromatic rings. The Hall–Kier alpha value is -1.98. The van der Waals surface area contributed by atoms with Crippen LogP contribution in [0.25, 0.3) is 10.7 Å². The summed E-state index contributed by atoms with van der Waals surface area (Å²) in [5.41, 5.74) is 7.36. The Morgan fingerprint density at radius 1 is 1.16 bits per heavy atom. The van der Waals surface area contributed by atoms with Crippen LogP contribution in [0.4, 0.5) is 0 Å². The molecule has 0 aliphatic carbocycles. The van der Waals surface area contributed by atoms with Crippen LogP contribution in [0.15, 0.2) is 47.8 Å². The number of nitrogens with two attached hydrogens (primary N) is 1. The first-order chi connectivity index (χ1) is 9.33. The summed E-state index contributed by atoms with van der Waals surface area (Å²) in [7, 11) is 0. The van der Waals surface area contributed by atoms with Crippen LogP contribution in [-0.4, -0.2) is 15.2 Å². The van der Waals surface area contributed by atoms with Gasteiger partial charge in [0.15, 0.2) is 5.82 Å². The van der Waals surface area contributed by atoms with Crippen LogP contribution in [0, 0.1) is 0 Å². The van der Waals surface area contributed by atoms with Gasteiger partial charge in [0.05, 0.1) is 10.9 Å². The standard InChI is InChI=1S/C14H14N4S/c15-11(9-10-5-2-1-3-6-10)13-16-14(18-17-13)12-7-4-8-19-12/h1-8,11H,9,15H2,(H,16,17,18)/t11-/m1/s1. The average molecular weight is 270 g/mol. The van der Waals surface area contributed by atoms with Crippen LogP contribution in [0.3, 0.4) is 0 Å². The maximum absolute atomic E-state index is 6.16. The van der Waals surface area contributed by atoms with Gasteiger partial charge in [-0.15, -0.1) is 11.3 Å². The van der Waals surface area contributed by atoms with Gasteiger partial charge >= 0.3 is 0 Å². The molecule has 96 valence electrons. The van der Waals surface area contributed by atoms with Crippen LogP contribution >= 0.6 is 11.3 Å². The number of H-pyrrole nitrogens is 1. The molecule has 4 nitrogen and oxygen atoms in total. The Kier molecular flexibility index (Phi) is 3.39. The van der Waals surface area contributed by atoms with Crippen LogP contribution in [0.2, 0.25) is 0 Å². The van der Waals surface area contributed by atoms with Gasteiger partial charge in [-0.05, 0) is 23.4 Å². The van der Waals surface area contributed by atoms with Crippen molar-refractivity contribution in [1.29, 1.82) is 0 Å². The van der Waals surface area contributed by atoms with Gasteiger partial charge in [-0.1, -0.05) is 36.4 Å². The molecule has 1 aromatic carbocycles. The molecule has 0 spiro atoms. The highest BCUT2D eigenvalue weighted by Crippen LogP contribution is 2.22. The highest BCUT2D eigenvalue weighted by molar-refractivity contribution is 7.13. The van der Waals surface area contributed by atoms with Crippen molar-refractivity contribution in [2.24, 2.45) is 5.73 Å². The topological polar surface area (TPSA) is 67.6 Å². The zero-order chi connectivity index (χ0) is 13.1. The maximum Gasteiger partial charge on any atom is 0.191 e. The first-order valence-electron chi connectivity index (χ1n) is 6.08. The summed E-state index contributed by atoms with van der Waals surface area (Å²) in [6.45, 7) is 0. The van der Waals surface area contributed by atoms with Crippen LogP contribution in [0.5, 0.6) is 0 Å². The first kappa shape index (κ1) is 12.1. The van der Waals surface area contributed by atoms with Gasteiger partial charge in [0.2, 0.25) is 0 Å². The Bertz CT molecular complexity index is 631. The molecular formula is C14H14N4S. The van der Waals surface area contributed by atoms with E-state index in [1.165, 1.54) is 5.56 Å². The van der Waals surface area contributed by atoms with Crippen molar-refractivity contribution in [3.8, 4) is 10.7 Å². The second kappa shape index (κ2) is 5.34. The molecule has 5 heteroatoms. The number of nitrogens with one attached hydrogen (secondary N) is 1. The second-order valence-corrected chi connectivity index (χ2v) is 5.27. The number of nitrogens with zero attached hydrogens (tertiary/aromatic N) is 2. The normalized spacial score (nSPS) is 12.5. The molecule has 0 saturated carbocycles. The summed E-state index contributed by atoms with van der Waals surface area (Å²) in [4.78, 5) is 5.52. The molecule has 0 aliphatic heterocycles. The molecule has 0 radical (unpaired) electrons. The average Bonchev–Trinajstić information content (AvgIpc) is 3.11. The largest absolute Gasteiger partial charge is 0.321 e. The summed E-state index contributed by atoms with van der Waals surface area (Å²) in [6, 6.07) is 14.0. The van der Waals surface area contributed by atoms with Crippen LogP contribution in [-0.2, 0) is 6.42 Å². The lowest BCUT2D eigenvalue weighted by Crippen LogP contribution is -2.15. The summed E-state index contributed by atoms with van der Waals surface area (Å²) in [5, 5.41) is 9.16. The van der Waals surface area contributed by atoms with E-state index in [9.17, 15) is 0 Å². The van der Waals surface area contributed by atoms with Crippen molar-refractivity contribution >= 4 is 11.3 Å². The van der Waals surface area contributed by atoms with Crippen molar-refractivity contribution in [2.75, 3.05) is 0 Å². The lowest BCUT2D eigenvalue weighted by molar-refractivity contribution is 0.671. The van der Waals surface area contributed by atoms with E-state index in [4.69, 9.17) is 5.73 Å². The second-order valence-electron chi connectivity index (χ2n) is 4.32. The van der Waals surface area contributed by atoms with E-state index in [0.29, 0.717) is 5.82 Å². The van der Waals surface area contributed by atoms with E-state index in [1.54, 1.807) is 11.3 Å². The van der Waals surface area contributed by atoms with Crippen molar-refractivity contribution in [2.45, 2.75) is 12.5 Å². The molecule has 0 saturated heterocycles. The summed E-state index contributed by atoms with van der Waals surface area (Å²) in [6.07, 6.45) is 0.750. The molecule has 0 bridgehead atoms. The highest BCUT2D eigenvalue weighted by atomic mass is 32.1. The summed E-state index contributed by atoms with van der Waals surface area (Å²) >= 11 is 1.62. The lowest BCUT2D eigenvalue weighted by atomic mass is 10.1. The van der Waals surface area contributed by atoms with Crippen LogP contribution in [0.1, 0.15) is 17.4 Å². The van der Waals surface area contributed by atoms with E-state index in [2.05, 4.69) is 27.3 Å². The Morgan fingerprint density at radius 3 is 2.74 bits per heavy atom. The quantitative estimate of drug-likeness (QED) is 0.766. The van der Waals surface area contributed by atoms with Crippen molar-refractivity contribution in [1.82, 2.24) is 15.2 Å². The first-order valence-corrected chi connectivity index (χ1v) is 6.96. The molecule has 0 fully saturated rings. The van der Waals surface area contributed by atoms with Crippen molar-refractivity contribution < 1.29 is 0 Å². The van der Waals surface area contributed by atoms with E-state index in [-0.39, 0.29) is 6.04 Å². The zero-order valence-corrected chi connectivity index (χ0v) is 11.1. The van der Waals surface area contributed by atoms with E-state index in [0.717, 1.165) is 17.1 Å². The number of aromatic nitrogens is 3. The van der Waals surface area contributed by atoms with Gasteiger partial charge in [-0.2, -0.15) is 5.10 Å². The molecule has 2 aromatic heterocycles. The van der Waals surface area contributed by atoms with Gasteiger partial charge in [-0.3, -0.25) is 5.10 Å². The molecule has 3 N–H and O–H groups in total. The Balaban J connectivity index is 1.76. The third-order valence-electron chi connectivity index (χ3n) is 2.89. The van der Waals surface area contributed by atoms with E-state index in [1.807, 2.05) is 35.7 Å². The fourth-order valence-electron chi connectivity index (χ4n) is 1.92. The lowest BCUT2D eigenvalue weighted by Gasteiger charge is -2.07. The SMILES string of the molecule is N[C@H](Cc1ccccc1)c1nc(-c2cccs2)n[nH]1. The summed E-state index contributed by atoms with van der Waals surface area (Å²) < 4.78 is 0. The molecule has 1 atom stereocenters. The van der Waals surface area contributed by atoms with Crippen LogP contribution < -0.4 is 5.73 Å². The summed E-state index contributed by atoms with van der Waals surface area (Å²) in [5.74, 6) is 1.45. The number of hydrogen-bond acceptors (Lipinski definition) is 4. The number of thiophene rings is 1. The molecule has 2 heterocycles. The fraction of sp³-hybridized carbons (Fsp3) is 0.143. The van der Waals surface area contributed by atoms with Crippen molar-refractivity contribution in [3.05, 3.63) is 59.2 Å². The third kappa shape index (κ3) is 2.72. The van der Waals surface area contributed by atoms with E-state index < -0.39 is 0 Å². The van der Waals surface area contributed by atoms with Gasteiger partial charge in [0, 0.05) is 0 Å². The zero-order valence-electron chi connectivity index (χ0n) is 10.3. The number of aromatic amines is 1. The van der Waals surface area contributed by atoms with Gasteiger partial charge < -0.3 is 5.73 Å². The molecule has 3 rings (SSSR count). The third-order valence-corrected chi connectivity index (χ3v) is 3.76. The maximum atomic E-state index is 6.16. The molecule has 0 aliphatic rings. The number of benzene rings is 1. The fourth-order valence-corrected chi connectivity index (χ4v) is 2.58. The molecule has 19 heavy (non-hydrogen) atoms. The van der Waals surface area contributed by atoms with Gasteiger partial charge in [0.25, 0.3) is 0 Å². The predicted molar refractivity (Wildman–Crippen MR) is 76.8 cm³/mol. The minimum Gasteiger partial charge on any atom is -0.321 e. The molecule has 0 unspecified atom stereocenters. The smallest absolute Gasteiger partial charge is 0.191 e. The number of hydrogen-bond donors (Lipinski definition) is 2. The van der Waals surface area contributed by atoms with Crippen molar-refractivity contribution in [3.63, 3.8) is 0 Å². The minimum atomic E-state index is -0.163. The molecular weight excluding hydrogens is 256 g/mol.